The minimum absolute atomic E-state index is 0.130. The molecule has 1 saturated heterocycles. The van der Waals surface area contributed by atoms with Gasteiger partial charge >= 0.3 is 0 Å². The van der Waals surface area contributed by atoms with Crippen LogP contribution in [0.4, 0.5) is 0 Å². The molecule has 2 rings (SSSR count). The summed E-state index contributed by atoms with van der Waals surface area (Å²) in [6.45, 7) is 13.5. The van der Waals surface area contributed by atoms with Gasteiger partial charge in [0, 0.05) is 39.4 Å². The Morgan fingerprint density at radius 2 is 1.96 bits per heavy atom. The molecule has 1 aliphatic rings. The Balaban J connectivity index is 1.88. The van der Waals surface area contributed by atoms with Gasteiger partial charge in [-0.1, -0.05) is 13.3 Å². The number of hydrogen-bond donors (Lipinski definition) is 2. The zero-order valence-corrected chi connectivity index (χ0v) is 17.8. The van der Waals surface area contributed by atoms with Gasteiger partial charge in [-0.05, 0) is 38.8 Å². The summed E-state index contributed by atoms with van der Waals surface area (Å²) in [5.41, 5.74) is 0. The second-order valence-corrected chi connectivity index (χ2v) is 7.08. The van der Waals surface area contributed by atoms with Crippen LogP contribution in [0.3, 0.4) is 0 Å². The van der Waals surface area contributed by atoms with E-state index in [9.17, 15) is 0 Å². The summed E-state index contributed by atoms with van der Waals surface area (Å²) in [4.78, 5) is 7.23. The number of aryl methyl sites for hydroxylation is 1. The Bertz CT molecular complexity index is 556. The van der Waals surface area contributed by atoms with Crippen LogP contribution in [0.2, 0.25) is 0 Å². The average molecular weight is 395 g/mol. The molecule has 0 saturated carbocycles. The Morgan fingerprint density at radius 1 is 1.18 bits per heavy atom. The third kappa shape index (κ3) is 8.20. The highest BCUT2D eigenvalue weighted by atomic mass is 16.5. The van der Waals surface area contributed by atoms with Gasteiger partial charge in [0.15, 0.2) is 5.96 Å². The monoisotopic (exact) mass is 394 g/mol. The van der Waals surface area contributed by atoms with Gasteiger partial charge in [0.05, 0.1) is 25.8 Å². The lowest BCUT2D eigenvalue weighted by atomic mass is 10.1. The van der Waals surface area contributed by atoms with E-state index >= 15 is 0 Å². The van der Waals surface area contributed by atoms with Gasteiger partial charge in [0.2, 0.25) is 0 Å². The first-order valence-corrected chi connectivity index (χ1v) is 10.7. The summed E-state index contributed by atoms with van der Waals surface area (Å²) >= 11 is 0. The number of guanidine groups is 1. The molecule has 1 unspecified atom stereocenters. The van der Waals surface area contributed by atoms with Crippen molar-refractivity contribution in [2.75, 3.05) is 59.2 Å². The Morgan fingerprint density at radius 3 is 2.64 bits per heavy atom. The van der Waals surface area contributed by atoms with E-state index in [1.807, 2.05) is 13.0 Å². The number of rotatable bonds is 12. The first kappa shape index (κ1) is 22.7. The Kier molecular flexibility index (Phi) is 11.0. The highest BCUT2D eigenvalue weighted by Gasteiger charge is 2.25. The molecule has 1 atom stereocenters. The smallest absolute Gasteiger partial charge is 0.191 e. The fraction of sp³-hybridized carbons (Fsp3) is 0.762. The number of unbranched alkanes of at least 4 members (excludes halogenated alkanes) is 1. The normalized spacial score (nSPS) is 16.9. The molecule has 0 aliphatic carbocycles. The van der Waals surface area contributed by atoms with Gasteiger partial charge < -0.3 is 24.5 Å². The van der Waals surface area contributed by atoms with Crippen molar-refractivity contribution in [2.24, 2.45) is 4.99 Å². The molecule has 0 amide bonds. The number of nitrogens with zero attached hydrogens (tertiary/aromatic N) is 2. The van der Waals surface area contributed by atoms with Crippen LogP contribution < -0.4 is 10.6 Å². The Hall–Kier alpha value is -1.57. The van der Waals surface area contributed by atoms with Crippen LogP contribution in [-0.4, -0.2) is 70.0 Å². The lowest BCUT2D eigenvalue weighted by Gasteiger charge is -2.32. The fourth-order valence-corrected chi connectivity index (χ4v) is 3.16. The SMILES string of the molecule is CCCCOCCCNC(=NCC(c1ccc(C)o1)N1CCOCC1)NCC. The van der Waals surface area contributed by atoms with Crippen molar-refractivity contribution in [3.05, 3.63) is 23.7 Å². The molecule has 160 valence electrons. The summed E-state index contributed by atoms with van der Waals surface area (Å²) < 4.78 is 17.1. The number of ether oxygens (including phenoxy) is 2. The molecule has 1 aromatic heterocycles. The summed E-state index contributed by atoms with van der Waals surface area (Å²) in [6, 6.07) is 4.22. The predicted octanol–water partition coefficient (Wildman–Crippen LogP) is 2.72. The van der Waals surface area contributed by atoms with Crippen molar-refractivity contribution < 1.29 is 13.9 Å². The van der Waals surface area contributed by atoms with E-state index in [0.717, 1.165) is 82.9 Å². The highest BCUT2D eigenvalue weighted by molar-refractivity contribution is 5.79. The van der Waals surface area contributed by atoms with Crippen LogP contribution in [0.1, 0.15) is 50.7 Å². The summed E-state index contributed by atoms with van der Waals surface area (Å²) in [5, 5.41) is 6.74. The number of morpholine rings is 1. The second kappa shape index (κ2) is 13.6. The standard InChI is InChI=1S/C21H38N4O3/c1-4-6-13-26-14-7-10-23-21(22-5-2)24-17-19(20-9-8-18(3)28-20)25-11-15-27-16-12-25/h8-9,19H,4-7,10-17H2,1-3H3,(H2,22,23,24). The molecule has 1 fully saturated rings. The van der Waals surface area contributed by atoms with Gasteiger partial charge in [0.25, 0.3) is 0 Å². The number of nitrogens with one attached hydrogen (secondary N) is 2. The van der Waals surface area contributed by atoms with Gasteiger partial charge in [-0.3, -0.25) is 9.89 Å². The molecule has 0 radical (unpaired) electrons. The van der Waals surface area contributed by atoms with Crippen LogP contribution in [-0.2, 0) is 9.47 Å². The molecule has 1 aromatic rings. The van der Waals surface area contributed by atoms with Crippen molar-refractivity contribution in [1.29, 1.82) is 0 Å². The van der Waals surface area contributed by atoms with Crippen molar-refractivity contribution in [1.82, 2.24) is 15.5 Å². The number of aliphatic imine (C=N–C) groups is 1. The molecule has 28 heavy (non-hydrogen) atoms. The van der Waals surface area contributed by atoms with Crippen LogP contribution >= 0.6 is 0 Å². The molecule has 7 heteroatoms. The topological polar surface area (TPSA) is 71.3 Å². The van der Waals surface area contributed by atoms with Gasteiger partial charge in [-0.15, -0.1) is 0 Å². The minimum Gasteiger partial charge on any atom is -0.465 e. The predicted molar refractivity (Wildman–Crippen MR) is 113 cm³/mol. The van der Waals surface area contributed by atoms with E-state index in [1.54, 1.807) is 0 Å². The largest absolute Gasteiger partial charge is 0.465 e. The number of furan rings is 1. The van der Waals surface area contributed by atoms with E-state index < -0.39 is 0 Å². The maximum Gasteiger partial charge on any atom is 0.191 e. The van der Waals surface area contributed by atoms with E-state index in [4.69, 9.17) is 18.9 Å². The number of hydrogen-bond acceptors (Lipinski definition) is 5. The van der Waals surface area contributed by atoms with Crippen molar-refractivity contribution in [3.8, 4) is 0 Å². The zero-order chi connectivity index (χ0) is 20.0. The van der Waals surface area contributed by atoms with E-state index in [1.165, 1.54) is 6.42 Å². The Labute approximate surface area is 169 Å². The highest BCUT2D eigenvalue weighted by Crippen LogP contribution is 2.24. The molecule has 1 aliphatic heterocycles. The van der Waals surface area contributed by atoms with E-state index in [2.05, 4.69) is 35.4 Å². The van der Waals surface area contributed by atoms with Crippen molar-refractivity contribution >= 4 is 5.96 Å². The third-order valence-corrected chi connectivity index (χ3v) is 4.74. The van der Waals surface area contributed by atoms with E-state index in [-0.39, 0.29) is 6.04 Å². The molecule has 2 N–H and O–H groups in total. The van der Waals surface area contributed by atoms with Crippen molar-refractivity contribution in [3.63, 3.8) is 0 Å². The van der Waals surface area contributed by atoms with Gasteiger partial charge in [0.1, 0.15) is 11.5 Å². The maximum absolute atomic E-state index is 5.93. The molecule has 2 heterocycles. The zero-order valence-electron chi connectivity index (χ0n) is 17.8. The van der Waals surface area contributed by atoms with E-state index in [0.29, 0.717) is 6.54 Å². The second-order valence-electron chi connectivity index (χ2n) is 7.08. The molecule has 7 nitrogen and oxygen atoms in total. The third-order valence-electron chi connectivity index (χ3n) is 4.74. The van der Waals surface area contributed by atoms with Crippen molar-refractivity contribution in [2.45, 2.75) is 46.1 Å². The van der Waals surface area contributed by atoms with Crippen LogP contribution in [0.15, 0.2) is 21.5 Å². The lowest BCUT2D eigenvalue weighted by Crippen LogP contribution is -2.42. The first-order chi connectivity index (χ1) is 13.7. The quantitative estimate of drug-likeness (QED) is 0.323. The fourth-order valence-electron chi connectivity index (χ4n) is 3.16. The molecular formula is C21H38N4O3. The lowest BCUT2D eigenvalue weighted by molar-refractivity contribution is 0.0135. The van der Waals surface area contributed by atoms with Gasteiger partial charge in [-0.25, -0.2) is 0 Å². The average Bonchev–Trinajstić information content (AvgIpc) is 3.14. The molecule has 0 aromatic carbocycles. The van der Waals surface area contributed by atoms with Crippen LogP contribution in [0.25, 0.3) is 0 Å². The first-order valence-electron chi connectivity index (χ1n) is 10.7. The van der Waals surface area contributed by atoms with Crippen LogP contribution in [0.5, 0.6) is 0 Å². The summed E-state index contributed by atoms with van der Waals surface area (Å²) in [7, 11) is 0. The summed E-state index contributed by atoms with van der Waals surface area (Å²) in [5.74, 6) is 2.76. The van der Waals surface area contributed by atoms with Crippen LogP contribution in [0, 0.1) is 6.92 Å². The molecular weight excluding hydrogens is 356 g/mol. The van der Waals surface area contributed by atoms with Gasteiger partial charge in [-0.2, -0.15) is 0 Å². The molecule has 0 bridgehead atoms. The minimum atomic E-state index is 0.130. The maximum atomic E-state index is 5.93. The summed E-state index contributed by atoms with van der Waals surface area (Å²) in [6.07, 6.45) is 3.28. The molecule has 0 spiro atoms.